The maximum atomic E-state index is 12.4. The van der Waals surface area contributed by atoms with Crippen LogP contribution >= 0.6 is 0 Å². The van der Waals surface area contributed by atoms with Gasteiger partial charge in [-0.15, -0.1) is 0 Å². The minimum atomic E-state index is -0.278. The number of nitrogens with zero attached hydrogens (tertiary/aromatic N) is 3. The van der Waals surface area contributed by atoms with E-state index in [0.717, 1.165) is 12.8 Å². The summed E-state index contributed by atoms with van der Waals surface area (Å²) in [5, 5.41) is 19.3. The van der Waals surface area contributed by atoms with Crippen molar-refractivity contribution in [1.29, 1.82) is 0 Å². The van der Waals surface area contributed by atoms with Gasteiger partial charge in [-0.3, -0.25) is 4.57 Å². The van der Waals surface area contributed by atoms with Gasteiger partial charge in [-0.2, -0.15) is 0 Å². The number of phenolic OH excluding ortho intramolecular Hbond substituents is 1. The summed E-state index contributed by atoms with van der Waals surface area (Å²) >= 11 is 0. The Morgan fingerprint density at radius 3 is 2.75 bits per heavy atom. The average Bonchev–Trinajstić information content (AvgIpc) is 2.91. The molecule has 4 rings (SSSR count). The number of aromatic nitrogens is 4. The molecule has 0 radical (unpaired) electrons. The average molecular weight is 326 g/mol. The largest absolute Gasteiger partial charge is 0.508 e. The van der Waals surface area contributed by atoms with Crippen LogP contribution in [0.15, 0.2) is 35.3 Å². The zero-order chi connectivity index (χ0) is 16.7. The van der Waals surface area contributed by atoms with Gasteiger partial charge in [-0.25, -0.2) is 14.8 Å². The van der Waals surface area contributed by atoms with Crippen molar-refractivity contribution in [1.82, 2.24) is 19.5 Å². The maximum Gasteiger partial charge on any atom is 0.327 e. The molecule has 0 unspecified atom stereocenters. The Kier molecular flexibility index (Phi) is 3.57. The van der Waals surface area contributed by atoms with Crippen LogP contribution in [0.25, 0.3) is 22.6 Å². The predicted octanol–water partition coefficient (Wildman–Crippen LogP) is 1.97. The molecule has 24 heavy (non-hydrogen) atoms. The molecule has 1 saturated carbocycles. The molecule has 0 bridgehead atoms. The van der Waals surface area contributed by atoms with Crippen LogP contribution in [0, 0.1) is 0 Å². The molecule has 0 atom stereocenters. The van der Waals surface area contributed by atoms with Crippen molar-refractivity contribution in [3.63, 3.8) is 0 Å². The lowest BCUT2D eigenvalue weighted by molar-refractivity contribution is 0.111. The highest BCUT2D eigenvalue weighted by Gasteiger charge is 2.24. The van der Waals surface area contributed by atoms with Crippen LogP contribution in [0.5, 0.6) is 5.75 Å². The minimum Gasteiger partial charge on any atom is -0.508 e. The highest BCUT2D eigenvalue weighted by molar-refractivity contribution is 5.73. The third-order valence-corrected chi connectivity index (χ3v) is 4.59. The quantitative estimate of drug-likeness (QED) is 0.668. The molecule has 3 N–H and O–H groups in total. The van der Waals surface area contributed by atoms with Gasteiger partial charge in [0.15, 0.2) is 11.5 Å². The Morgan fingerprint density at radius 2 is 2.00 bits per heavy atom. The SMILES string of the molecule is O=c1[nH]c2cnc(-c3cccc(O)c3)nc2n1C1CCC(O)CC1. The summed E-state index contributed by atoms with van der Waals surface area (Å²) in [6.45, 7) is 0. The molecule has 7 heteroatoms. The van der Waals surface area contributed by atoms with Crippen molar-refractivity contribution < 1.29 is 10.2 Å². The zero-order valence-electron chi connectivity index (χ0n) is 13.0. The third-order valence-electron chi connectivity index (χ3n) is 4.59. The molecule has 0 amide bonds. The summed E-state index contributed by atoms with van der Waals surface area (Å²) < 4.78 is 1.68. The molecule has 0 aliphatic heterocycles. The van der Waals surface area contributed by atoms with Gasteiger partial charge in [-0.1, -0.05) is 12.1 Å². The van der Waals surface area contributed by atoms with E-state index in [1.165, 1.54) is 0 Å². The van der Waals surface area contributed by atoms with E-state index in [2.05, 4.69) is 15.0 Å². The van der Waals surface area contributed by atoms with E-state index in [0.29, 0.717) is 35.4 Å². The van der Waals surface area contributed by atoms with Crippen molar-refractivity contribution >= 4 is 11.2 Å². The molecule has 2 heterocycles. The molecule has 1 aliphatic carbocycles. The Morgan fingerprint density at radius 1 is 1.21 bits per heavy atom. The number of hydrogen-bond acceptors (Lipinski definition) is 5. The molecule has 0 saturated heterocycles. The van der Waals surface area contributed by atoms with Crippen molar-refractivity contribution in [2.24, 2.45) is 0 Å². The number of aliphatic hydroxyl groups excluding tert-OH is 1. The summed E-state index contributed by atoms with van der Waals surface area (Å²) in [6, 6.07) is 6.74. The van der Waals surface area contributed by atoms with Crippen molar-refractivity contribution in [3.8, 4) is 17.1 Å². The van der Waals surface area contributed by atoms with Crippen LogP contribution in [0.2, 0.25) is 0 Å². The van der Waals surface area contributed by atoms with Crippen LogP contribution in [-0.2, 0) is 0 Å². The second kappa shape index (κ2) is 5.76. The fourth-order valence-electron chi connectivity index (χ4n) is 3.36. The summed E-state index contributed by atoms with van der Waals surface area (Å²) in [6.07, 6.45) is 4.19. The first-order valence-electron chi connectivity index (χ1n) is 8.06. The van der Waals surface area contributed by atoms with Crippen LogP contribution < -0.4 is 5.69 Å². The van der Waals surface area contributed by atoms with Crippen molar-refractivity contribution in [2.75, 3.05) is 0 Å². The molecule has 1 fully saturated rings. The first-order valence-corrected chi connectivity index (χ1v) is 8.06. The molecular weight excluding hydrogens is 308 g/mol. The molecule has 2 aromatic heterocycles. The van der Waals surface area contributed by atoms with E-state index in [1.807, 2.05) is 6.07 Å². The van der Waals surface area contributed by atoms with Gasteiger partial charge in [0.2, 0.25) is 0 Å². The fourth-order valence-corrected chi connectivity index (χ4v) is 3.36. The lowest BCUT2D eigenvalue weighted by atomic mass is 9.93. The normalized spacial score (nSPS) is 21.2. The Balaban J connectivity index is 1.81. The highest BCUT2D eigenvalue weighted by Crippen LogP contribution is 2.30. The van der Waals surface area contributed by atoms with E-state index >= 15 is 0 Å². The first-order chi connectivity index (χ1) is 11.6. The number of nitrogens with one attached hydrogen (secondary N) is 1. The molecule has 1 aromatic carbocycles. The summed E-state index contributed by atoms with van der Waals surface area (Å²) in [4.78, 5) is 24.0. The highest BCUT2D eigenvalue weighted by atomic mass is 16.3. The number of hydrogen-bond donors (Lipinski definition) is 3. The van der Waals surface area contributed by atoms with Crippen molar-refractivity contribution in [2.45, 2.75) is 37.8 Å². The number of phenols is 1. The third kappa shape index (κ3) is 2.56. The van der Waals surface area contributed by atoms with Gasteiger partial charge < -0.3 is 15.2 Å². The summed E-state index contributed by atoms with van der Waals surface area (Å²) in [7, 11) is 0. The van der Waals surface area contributed by atoms with E-state index in [4.69, 9.17) is 0 Å². The van der Waals surface area contributed by atoms with E-state index < -0.39 is 0 Å². The first kappa shape index (κ1) is 14.9. The van der Waals surface area contributed by atoms with Gasteiger partial charge in [-0.05, 0) is 37.8 Å². The number of H-pyrrole nitrogens is 1. The second-order valence-corrected chi connectivity index (χ2v) is 6.24. The zero-order valence-corrected chi connectivity index (χ0v) is 13.0. The summed E-state index contributed by atoms with van der Waals surface area (Å²) in [5.74, 6) is 0.603. The number of aromatic hydroxyl groups is 1. The van der Waals surface area contributed by atoms with Gasteiger partial charge >= 0.3 is 5.69 Å². The number of aliphatic hydroxyl groups is 1. The van der Waals surface area contributed by atoms with Crippen LogP contribution in [0.4, 0.5) is 0 Å². The van der Waals surface area contributed by atoms with Gasteiger partial charge in [0.1, 0.15) is 11.3 Å². The molecule has 1 aliphatic rings. The second-order valence-electron chi connectivity index (χ2n) is 6.24. The molecule has 7 nitrogen and oxygen atoms in total. The Hall–Kier alpha value is -2.67. The van der Waals surface area contributed by atoms with Crippen LogP contribution in [-0.4, -0.2) is 35.8 Å². The summed E-state index contributed by atoms with van der Waals surface area (Å²) in [5.41, 5.74) is 1.65. The number of aromatic amines is 1. The van der Waals surface area contributed by atoms with E-state index in [1.54, 1.807) is 29.0 Å². The number of rotatable bonds is 2. The molecule has 3 aromatic rings. The van der Waals surface area contributed by atoms with E-state index in [-0.39, 0.29) is 23.6 Å². The predicted molar refractivity (Wildman–Crippen MR) is 88.8 cm³/mol. The molecule has 0 spiro atoms. The standard InChI is InChI=1S/C17H18N4O3/c22-12-6-4-11(5-7-12)21-16-14(19-17(21)24)9-18-15(20-16)10-2-1-3-13(23)8-10/h1-3,8-9,11-12,22-23H,4-7H2,(H,19,24). The number of benzene rings is 1. The van der Waals surface area contributed by atoms with Gasteiger partial charge in [0.05, 0.1) is 12.3 Å². The Labute approximate surface area is 137 Å². The number of imidazole rings is 1. The van der Waals surface area contributed by atoms with Crippen LogP contribution in [0.3, 0.4) is 0 Å². The van der Waals surface area contributed by atoms with Gasteiger partial charge in [0.25, 0.3) is 0 Å². The van der Waals surface area contributed by atoms with Crippen LogP contribution in [0.1, 0.15) is 31.7 Å². The smallest absolute Gasteiger partial charge is 0.327 e. The lowest BCUT2D eigenvalue weighted by Crippen LogP contribution is -2.27. The fraction of sp³-hybridized carbons (Fsp3) is 0.353. The topological polar surface area (TPSA) is 104 Å². The van der Waals surface area contributed by atoms with Crippen molar-refractivity contribution in [3.05, 3.63) is 40.9 Å². The molecular formula is C17H18N4O3. The maximum absolute atomic E-state index is 12.4. The Bertz CT molecular complexity index is 938. The van der Waals surface area contributed by atoms with Gasteiger partial charge in [0, 0.05) is 11.6 Å². The monoisotopic (exact) mass is 326 g/mol. The number of fused-ring (bicyclic) bond motifs is 1. The minimum absolute atomic E-state index is 0.0292. The van der Waals surface area contributed by atoms with E-state index in [9.17, 15) is 15.0 Å². The lowest BCUT2D eigenvalue weighted by Gasteiger charge is -2.26. The molecule has 124 valence electrons.